The highest BCUT2D eigenvalue weighted by Crippen LogP contribution is 2.41. The van der Waals surface area contributed by atoms with Crippen molar-refractivity contribution in [3.63, 3.8) is 0 Å². The molecule has 1 aromatic heterocycles. The van der Waals surface area contributed by atoms with Gasteiger partial charge in [-0.05, 0) is 32.6 Å². The zero-order chi connectivity index (χ0) is 14.3. The predicted molar refractivity (Wildman–Crippen MR) is 76.2 cm³/mol. The average molecular weight is 293 g/mol. The van der Waals surface area contributed by atoms with Gasteiger partial charge in [-0.1, -0.05) is 0 Å². The maximum atomic E-state index is 12.8. The molecule has 1 N–H and O–H groups in total. The van der Waals surface area contributed by atoms with Crippen LogP contribution in [0.1, 0.15) is 36.9 Å². The van der Waals surface area contributed by atoms with E-state index in [1.54, 1.807) is 16.2 Å². The normalized spacial score (nSPS) is 27.4. The Balaban J connectivity index is 1.82. The minimum Gasteiger partial charge on any atom is -0.342 e. The fourth-order valence-corrected chi connectivity index (χ4v) is 3.44. The highest BCUT2D eigenvalue weighted by atomic mass is 32.1. The predicted octanol–water partition coefficient (Wildman–Crippen LogP) is 1.47. The van der Waals surface area contributed by atoms with Gasteiger partial charge in [0.25, 0.3) is 0 Å². The molecular weight excluding hydrogens is 274 g/mol. The summed E-state index contributed by atoms with van der Waals surface area (Å²) in [6, 6.07) is 0. The topological polar surface area (TPSA) is 62.3 Å². The molecule has 5 nitrogen and oxygen atoms in total. The van der Waals surface area contributed by atoms with Crippen LogP contribution >= 0.6 is 11.3 Å². The second-order valence-corrected chi connectivity index (χ2v) is 6.92. The number of aromatic nitrogens is 1. The first-order valence-electron chi connectivity index (χ1n) is 7.00. The van der Waals surface area contributed by atoms with E-state index in [1.807, 2.05) is 19.2 Å². The molecule has 0 bridgehead atoms. The summed E-state index contributed by atoms with van der Waals surface area (Å²) in [5.74, 6) is 0.304. The molecule has 2 heterocycles. The molecule has 0 radical (unpaired) electrons. The van der Waals surface area contributed by atoms with Crippen LogP contribution in [-0.2, 0) is 16.1 Å². The lowest BCUT2D eigenvalue weighted by atomic mass is 9.94. The number of nitrogens with one attached hydrogen (secondary N) is 1. The van der Waals surface area contributed by atoms with Crippen LogP contribution in [0.5, 0.6) is 0 Å². The van der Waals surface area contributed by atoms with Crippen molar-refractivity contribution in [2.45, 2.75) is 45.2 Å². The van der Waals surface area contributed by atoms with Crippen LogP contribution in [0.4, 0.5) is 0 Å². The SMILES string of the molecule is Cc1nc(CN2CCC(=O)NC(C)(C3CC3)C2=O)cs1. The maximum absolute atomic E-state index is 12.8. The number of hydrogen-bond donors (Lipinski definition) is 1. The van der Waals surface area contributed by atoms with Crippen molar-refractivity contribution in [1.29, 1.82) is 0 Å². The lowest BCUT2D eigenvalue weighted by Crippen LogP contribution is -2.56. The summed E-state index contributed by atoms with van der Waals surface area (Å²) >= 11 is 1.59. The van der Waals surface area contributed by atoms with Crippen LogP contribution < -0.4 is 5.32 Å². The molecule has 3 rings (SSSR count). The van der Waals surface area contributed by atoms with E-state index in [0.717, 1.165) is 23.5 Å². The van der Waals surface area contributed by atoms with Gasteiger partial charge in [0, 0.05) is 18.3 Å². The first kappa shape index (κ1) is 13.5. The van der Waals surface area contributed by atoms with Crippen molar-refractivity contribution in [1.82, 2.24) is 15.2 Å². The minimum absolute atomic E-state index is 0.0234. The fraction of sp³-hybridized carbons (Fsp3) is 0.643. The van der Waals surface area contributed by atoms with E-state index in [1.165, 1.54) is 0 Å². The van der Waals surface area contributed by atoms with Gasteiger partial charge in [-0.25, -0.2) is 4.98 Å². The quantitative estimate of drug-likeness (QED) is 0.918. The number of amides is 2. The molecule has 0 aromatic carbocycles. The molecule has 6 heteroatoms. The molecule has 0 spiro atoms. The summed E-state index contributed by atoms with van der Waals surface area (Å²) in [5.41, 5.74) is 0.187. The molecule has 1 saturated carbocycles. The van der Waals surface area contributed by atoms with Gasteiger partial charge in [0.2, 0.25) is 11.8 Å². The third-order valence-electron chi connectivity index (χ3n) is 4.15. The first-order valence-corrected chi connectivity index (χ1v) is 7.88. The van der Waals surface area contributed by atoms with Crippen molar-refractivity contribution in [3.8, 4) is 0 Å². The number of nitrogens with zero attached hydrogens (tertiary/aromatic N) is 2. The zero-order valence-corrected chi connectivity index (χ0v) is 12.6. The average Bonchev–Trinajstić information content (AvgIpc) is 3.18. The van der Waals surface area contributed by atoms with Gasteiger partial charge in [0.1, 0.15) is 5.54 Å². The number of carbonyl (C=O) groups is 2. The van der Waals surface area contributed by atoms with E-state index in [2.05, 4.69) is 10.3 Å². The second-order valence-electron chi connectivity index (χ2n) is 5.86. The summed E-state index contributed by atoms with van der Waals surface area (Å²) in [4.78, 5) is 30.9. The zero-order valence-electron chi connectivity index (χ0n) is 11.8. The van der Waals surface area contributed by atoms with Crippen LogP contribution in [0.15, 0.2) is 5.38 Å². The molecule has 1 aromatic rings. The van der Waals surface area contributed by atoms with Crippen molar-refractivity contribution >= 4 is 23.2 Å². The number of thiazole rings is 1. The Hall–Kier alpha value is -1.43. The molecule has 20 heavy (non-hydrogen) atoms. The molecule has 108 valence electrons. The molecule has 2 aliphatic rings. The lowest BCUT2D eigenvalue weighted by Gasteiger charge is -2.32. The Morgan fingerprint density at radius 3 is 2.85 bits per heavy atom. The summed E-state index contributed by atoms with van der Waals surface area (Å²) < 4.78 is 0. The molecule has 2 fully saturated rings. The van der Waals surface area contributed by atoms with E-state index >= 15 is 0 Å². The Morgan fingerprint density at radius 2 is 2.25 bits per heavy atom. The molecular formula is C14H19N3O2S. The standard InChI is InChI=1S/C14H19N3O2S/c1-9-15-11(8-20-9)7-17-6-5-12(18)16-14(2,13(17)19)10-3-4-10/h8,10H,3-7H2,1-2H3,(H,16,18). The summed E-state index contributed by atoms with van der Waals surface area (Å²) in [6.07, 6.45) is 2.41. The van der Waals surface area contributed by atoms with E-state index in [9.17, 15) is 9.59 Å². The number of aryl methyl sites for hydroxylation is 1. The molecule has 1 aliphatic heterocycles. The van der Waals surface area contributed by atoms with Crippen LogP contribution in [0, 0.1) is 12.8 Å². The summed E-state index contributed by atoms with van der Waals surface area (Å²) in [6.45, 7) is 4.80. The second kappa shape index (κ2) is 4.84. The van der Waals surface area contributed by atoms with Crippen LogP contribution in [0.2, 0.25) is 0 Å². The number of hydrogen-bond acceptors (Lipinski definition) is 4. The Labute approximate surface area is 122 Å². The van der Waals surface area contributed by atoms with Crippen molar-refractivity contribution in [3.05, 3.63) is 16.1 Å². The summed E-state index contributed by atoms with van der Waals surface area (Å²) in [7, 11) is 0. The first-order chi connectivity index (χ1) is 9.49. The van der Waals surface area contributed by atoms with E-state index in [4.69, 9.17) is 0 Å². The van der Waals surface area contributed by atoms with Crippen molar-refractivity contribution < 1.29 is 9.59 Å². The smallest absolute Gasteiger partial charge is 0.248 e. The van der Waals surface area contributed by atoms with E-state index < -0.39 is 5.54 Å². The molecule has 1 atom stereocenters. The van der Waals surface area contributed by atoms with Crippen LogP contribution in [0.3, 0.4) is 0 Å². The largest absolute Gasteiger partial charge is 0.342 e. The Morgan fingerprint density at radius 1 is 1.50 bits per heavy atom. The highest BCUT2D eigenvalue weighted by Gasteiger charge is 2.51. The van der Waals surface area contributed by atoms with E-state index in [-0.39, 0.29) is 17.7 Å². The molecule has 1 saturated heterocycles. The van der Waals surface area contributed by atoms with E-state index in [0.29, 0.717) is 19.5 Å². The molecule has 1 unspecified atom stereocenters. The van der Waals surface area contributed by atoms with Crippen LogP contribution in [0.25, 0.3) is 0 Å². The molecule has 1 aliphatic carbocycles. The third kappa shape index (κ3) is 2.44. The lowest BCUT2D eigenvalue weighted by molar-refractivity contribution is -0.139. The number of rotatable bonds is 3. The Kier molecular flexibility index (Phi) is 3.28. The van der Waals surface area contributed by atoms with Crippen molar-refractivity contribution in [2.24, 2.45) is 5.92 Å². The monoisotopic (exact) mass is 293 g/mol. The fourth-order valence-electron chi connectivity index (χ4n) is 2.84. The molecule has 2 amide bonds. The number of carbonyl (C=O) groups excluding carboxylic acids is 2. The van der Waals surface area contributed by atoms with Gasteiger partial charge in [0.15, 0.2) is 0 Å². The van der Waals surface area contributed by atoms with Crippen molar-refractivity contribution in [2.75, 3.05) is 6.54 Å². The van der Waals surface area contributed by atoms with Gasteiger partial charge < -0.3 is 10.2 Å². The minimum atomic E-state index is -0.724. The maximum Gasteiger partial charge on any atom is 0.248 e. The van der Waals surface area contributed by atoms with Gasteiger partial charge in [-0.15, -0.1) is 11.3 Å². The highest BCUT2D eigenvalue weighted by molar-refractivity contribution is 7.09. The third-order valence-corrected chi connectivity index (χ3v) is 4.97. The van der Waals surface area contributed by atoms with Gasteiger partial charge >= 0.3 is 0 Å². The van der Waals surface area contributed by atoms with Crippen LogP contribution in [-0.4, -0.2) is 33.8 Å². The summed E-state index contributed by atoms with van der Waals surface area (Å²) in [5, 5.41) is 5.92. The van der Waals surface area contributed by atoms with Gasteiger partial charge in [-0.3, -0.25) is 9.59 Å². The Bertz CT molecular complexity index is 552. The van der Waals surface area contributed by atoms with Gasteiger partial charge in [-0.2, -0.15) is 0 Å². The van der Waals surface area contributed by atoms with Gasteiger partial charge in [0.05, 0.1) is 17.2 Å².